The third-order valence-corrected chi connectivity index (χ3v) is 2.70. The van der Waals surface area contributed by atoms with Crippen LogP contribution in [-0.4, -0.2) is 4.98 Å². The molecule has 16 heavy (non-hydrogen) atoms. The molecule has 2 nitrogen and oxygen atoms in total. The van der Waals surface area contributed by atoms with Crippen molar-refractivity contribution in [3.05, 3.63) is 58.3 Å². The second-order valence-electron chi connectivity index (χ2n) is 3.32. The van der Waals surface area contributed by atoms with Crippen molar-refractivity contribution in [2.75, 3.05) is 5.32 Å². The Morgan fingerprint density at radius 3 is 2.56 bits per heavy atom. The molecule has 4 heteroatoms. The first-order valence-corrected chi connectivity index (χ1v) is 5.60. The monoisotopic (exact) mass is 252 g/mol. The van der Waals surface area contributed by atoms with Gasteiger partial charge in [0.1, 0.15) is 5.15 Å². The standard InChI is InChI=1S/C12H10Cl2N2/c13-10-3-1-2-4-11(10)15-7-9-5-6-12(14)16-8-9/h1-6,8,15H,7H2. The molecule has 1 heterocycles. The van der Waals surface area contributed by atoms with Crippen molar-refractivity contribution in [1.29, 1.82) is 0 Å². The summed E-state index contributed by atoms with van der Waals surface area (Å²) in [5.74, 6) is 0. The quantitative estimate of drug-likeness (QED) is 0.836. The summed E-state index contributed by atoms with van der Waals surface area (Å²) in [6.45, 7) is 0.675. The number of nitrogens with zero attached hydrogens (tertiary/aromatic N) is 1. The number of hydrogen-bond donors (Lipinski definition) is 1. The molecule has 0 unspecified atom stereocenters. The highest BCUT2D eigenvalue weighted by Gasteiger charge is 1.98. The van der Waals surface area contributed by atoms with Crippen LogP contribution in [0.1, 0.15) is 5.56 Å². The van der Waals surface area contributed by atoms with Crippen LogP contribution in [0.4, 0.5) is 5.69 Å². The van der Waals surface area contributed by atoms with E-state index in [1.165, 1.54) is 0 Å². The van der Waals surface area contributed by atoms with Crippen molar-refractivity contribution in [2.24, 2.45) is 0 Å². The van der Waals surface area contributed by atoms with Crippen LogP contribution in [-0.2, 0) is 6.54 Å². The maximum atomic E-state index is 6.02. The van der Waals surface area contributed by atoms with Gasteiger partial charge in [-0.3, -0.25) is 0 Å². The maximum absolute atomic E-state index is 6.02. The van der Waals surface area contributed by atoms with Gasteiger partial charge in [-0.1, -0.05) is 41.4 Å². The highest BCUT2D eigenvalue weighted by atomic mass is 35.5. The zero-order chi connectivity index (χ0) is 11.4. The van der Waals surface area contributed by atoms with Gasteiger partial charge in [0.25, 0.3) is 0 Å². The van der Waals surface area contributed by atoms with Crippen molar-refractivity contribution in [1.82, 2.24) is 4.98 Å². The van der Waals surface area contributed by atoms with Crippen LogP contribution in [0.15, 0.2) is 42.6 Å². The van der Waals surface area contributed by atoms with Gasteiger partial charge >= 0.3 is 0 Å². The Morgan fingerprint density at radius 2 is 1.88 bits per heavy atom. The van der Waals surface area contributed by atoms with E-state index in [0.717, 1.165) is 11.3 Å². The first-order valence-electron chi connectivity index (χ1n) is 4.84. The Kier molecular flexibility index (Phi) is 3.65. The molecule has 1 aromatic heterocycles. The van der Waals surface area contributed by atoms with Gasteiger partial charge in [-0.15, -0.1) is 0 Å². The van der Waals surface area contributed by atoms with Crippen LogP contribution < -0.4 is 5.32 Å². The van der Waals surface area contributed by atoms with Gasteiger partial charge in [-0.2, -0.15) is 0 Å². The largest absolute Gasteiger partial charge is 0.380 e. The Labute approximate surface area is 104 Å². The van der Waals surface area contributed by atoms with Gasteiger partial charge in [0.15, 0.2) is 0 Å². The lowest BCUT2D eigenvalue weighted by Gasteiger charge is -2.07. The minimum atomic E-state index is 0.501. The van der Waals surface area contributed by atoms with Crippen LogP contribution in [0.2, 0.25) is 10.2 Å². The number of halogens is 2. The summed E-state index contributed by atoms with van der Waals surface area (Å²) >= 11 is 11.7. The maximum Gasteiger partial charge on any atom is 0.129 e. The van der Waals surface area contributed by atoms with E-state index < -0.39 is 0 Å². The highest BCUT2D eigenvalue weighted by Crippen LogP contribution is 2.21. The second kappa shape index (κ2) is 5.19. The molecule has 2 aromatic rings. The highest BCUT2D eigenvalue weighted by molar-refractivity contribution is 6.33. The number of benzene rings is 1. The van der Waals surface area contributed by atoms with E-state index in [2.05, 4.69) is 10.3 Å². The second-order valence-corrected chi connectivity index (χ2v) is 4.12. The molecular weight excluding hydrogens is 243 g/mol. The van der Waals surface area contributed by atoms with Gasteiger partial charge in [0.05, 0.1) is 10.7 Å². The first kappa shape index (κ1) is 11.2. The van der Waals surface area contributed by atoms with E-state index in [4.69, 9.17) is 23.2 Å². The van der Waals surface area contributed by atoms with Crippen LogP contribution in [0.3, 0.4) is 0 Å². The lowest BCUT2D eigenvalue weighted by Crippen LogP contribution is -2.00. The van der Waals surface area contributed by atoms with E-state index in [1.54, 1.807) is 12.3 Å². The van der Waals surface area contributed by atoms with E-state index in [0.29, 0.717) is 16.7 Å². The van der Waals surface area contributed by atoms with Crippen molar-refractivity contribution in [3.63, 3.8) is 0 Å². The fraction of sp³-hybridized carbons (Fsp3) is 0.0833. The van der Waals surface area contributed by atoms with Gasteiger partial charge < -0.3 is 5.32 Å². The predicted molar refractivity (Wildman–Crippen MR) is 68.0 cm³/mol. The third kappa shape index (κ3) is 2.87. The molecule has 0 saturated carbocycles. The van der Waals surface area contributed by atoms with E-state index >= 15 is 0 Å². The summed E-state index contributed by atoms with van der Waals surface area (Å²) in [5, 5.41) is 4.45. The molecule has 1 aromatic carbocycles. The number of hydrogen-bond acceptors (Lipinski definition) is 2. The van der Waals surface area contributed by atoms with Crippen molar-refractivity contribution < 1.29 is 0 Å². The number of para-hydroxylation sites is 1. The molecule has 0 radical (unpaired) electrons. The number of anilines is 1. The molecule has 0 atom stereocenters. The summed E-state index contributed by atoms with van der Waals surface area (Å²) in [7, 11) is 0. The average Bonchev–Trinajstić information content (AvgIpc) is 2.30. The normalized spacial score (nSPS) is 10.1. The summed E-state index contributed by atoms with van der Waals surface area (Å²) in [4.78, 5) is 4.01. The number of nitrogens with one attached hydrogen (secondary N) is 1. The minimum Gasteiger partial charge on any atom is -0.380 e. The van der Waals surface area contributed by atoms with Crippen molar-refractivity contribution >= 4 is 28.9 Å². The predicted octanol–water partition coefficient (Wildman–Crippen LogP) is 4.00. The number of aromatic nitrogens is 1. The lowest BCUT2D eigenvalue weighted by atomic mass is 10.2. The number of pyridine rings is 1. The Bertz CT molecular complexity index is 469. The summed E-state index contributed by atoms with van der Waals surface area (Å²) in [6.07, 6.45) is 1.74. The lowest BCUT2D eigenvalue weighted by molar-refractivity contribution is 1.11. The molecule has 0 aliphatic heterocycles. The van der Waals surface area contributed by atoms with Crippen LogP contribution in [0.25, 0.3) is 0 Å². The molecule has 1 N–H and O–H groups in total. The third-order valence-electron chi connectivity index (χ3n) is 2.15. The van der Waals surface area contributed by atoms with Crippen molar-refractivity contribution in [2.45, 2.75) is 6.54 Å². The Morgan fingerprint density at radius 1 is 1.06 bits per heavy atom. The summed E-state index contributed by atoms with van der Waals surface area (Å²) in [6, 6.07) is 11.3. The zero-order valence-corrected chi connectivity index (χ0v) is 9.96. The fourth-order valence-electron chi connectivity index (χ4n) is 1.31. The fourth-order valence-corrected chi connectivity index (χ4v) is 1.63. The Hall–Kier alpha value is -1.25. The molecule has 82 valence electrons. The van der Waals surface area contributed by atoms with Crippen LogP contribution >= 0.6 is 23.2 Å². The van der Waals surface area contributed by atoms with Crippen LogP contribution in [0.5, 0.6) is 0 Å². The van der Waals surface area contributed by atoms with E-state index in [-0.39, 0.29) is 0 Å². The SMILES string of the molecule is Clc1ccc(CNc2ccccc2Cl)cn1. The molecule has 0 aliphatic carbocycles. The first-order chi connectivity index (χ1) is 7.75. The van der Waals surface area contributed by atoms with E-state index in [1.807, 2.05) is 30.3 Å². The van der Waals surface area contributed by atoms with Crippen LogP contribution in [0, 0.1) is 0 Å². The molecule has 0 bridgehead atoms. The summed E-state index contributed by atoms with van der Waals surface area (Å²) in [5.41, 5.74) is 1.98. The topological polar surface area (TPSA) is 24.9 Å². The number of rotatable bonds is 3. The molecule has 0 fully saturated rings. The van der Waals surface area contributed by atoms with E-state index in [9.17, 15) is 0 Å². The summed E-state index contributed by atoms with van der Waals surface area (Å²) < 4.78 is 0. The molecule has 0 saturated heterocycles. The van der Waals surface area contributed by atoms with Gasteiger partial charge in [0.2, 0.25) is 0 Å². The Balaban J connectivity index is 2.02. The molecule has 0 spiro atoms. The molecule has 0 aliphatic rings. The van der Waals surface area contributed by atoms with Gasteiger partial charge in [-0.25, -0.2) is 4.98 Å². The smallest absolute Gasteiger partial charge is 0.129 e. The van der Waals surface area contributed by atoms with Gasteiger partial charge in [-0.05, 0) is 23.8 Å². The molecule has 2 rings (SSSR count). The molecule has 0 amide bonds. The zero-order valence-electron chi connectivity index (χ0n) is 8.45. The average molecular weight is 253 g/mol. The minimum absolute atomic E-state index is 0.501. The molecular formula is C12H10Cl2N2. The van der Waals surface area contributed by atoms with Crippen molar-refractivity contribution in [3.8, 4) is 0 Å². The van der Waals surface area contributed by atoms with Gasteiger partial charge in [0, 0.05) is 12.7 Å².